The van der Waals surface area contributed by atoms with E-state index in [0.29, 0.717) is 23.5 Å². The molecule has 2 aliphatic heterocycles. The van der Waals surface area contributed by atoms with E-state index < -0.39 is 0 Å². The summed E-state index contributed by atoms with van der Waals surface area (Å²) in [6.07, 6.45) is 6.12. The SMILES string of the molecule is CN/C=C(\C=N)N1CCc2nc(-c3ccc(N4CCCC4)cc3)sc2C1=O. The van der Waals surface area contributed by atoms with Crippen molar-refractivity contribution in [3.63, 3.8) is 0 Å². The van der Waals surface area contributed by atoms with E-state index in [1.54, 1.807) is 18.1 Å². The topological polar surface area (TPSA) is 72.3 Å². The smallest absolute Gasteiger partial charge is 0.270 e. The number of carbonyl (C=O) groups is 1. The number of allylic oxidation sites excluding steroid dienone is 1. The van der Waals surface area contributed by atoms with Crippen LogP contribution in [0.15, 0.2) is 36.2 Å². The number of rotatable bonds is 5. The van der Waals surface area contributed by atoms with E-state index >= 15 is 0 Å². The van der Waals surface area contributed by atoms with Gasteiger partial charge in [-0.1, -0.05) is 0 Å². The maximum Gasteiger partial charge on any atom is 0.270 e. The Kier molecular flexibility index (Phi) is 4.94. The molecule has 0 spiro atoms. The van der Waals surface area contributed by atoms with Crippen LogP contribution < -0.4 is 10.2 Å². The Morgan fingerprint density at radius 1 is 1.22 bits per heavy atom. The lowest BCUT2D eigenvalue weighted by atomic mass is 10.1. The summed E-state index contributed by atoms with van der Waals surface area (Å²) in [5.74, 6) is -0.0707. The molecule has 6 nitrogen and oxygen atoms in total. The molecular weight excluding hydrogens is 358 g/mol. The molecule has 1 amide bonds. The standard InChI is InChI=1S/C20H23N5OS/c1-22-13-16(12-21)25-11-8-17-18(20(25)26)27-19(23-17)14-4-6-15(7-5-14)24-9-2-3-10-24/h4-7,12-13,21-22H,2-3,8-11H2,1H3/b16-13+,21-12?. The monoisotopic (exact) mass is 381 g/mol. The molecule has 27 heavy (non-hydrogen) atoms. The highest BCUT2D eigenvalue weighted by Crippen LogP contribution is 2.33. The van der Waals surface area contributed by atoms with Gasteiger partial charge in [-0.15, -0.1) is 11.3 Å². The fourth-order valence-corrected chi connectivity index (χ4v) is 4.70. The summed E-state index contributed by atoms with van der Waals surface area (Å²) in [4.78, 5) is 22.3. The number of benzene rings is 1. The van der Waals surface area contributed by atoms with Crippen molar-refractivity contribution in [2.24, 2.45) is 0 Å². The maximum absolute atomic E-state index is 12.9. The number of nitrogens with zero attached hydrogens (tertiary/aromatic N) is 3. The molecular formula is C20H23N5OS. The lowest BCUT2D eigenvalue weighted by Crippen LogP contribution is -2.37. The minimum atomic E-state index is -0.0707. The first-order valence-corrected chi connectivity index (χ1v) is 10.1. The predicted molar refractivity (Wildman–Crippen MR) is 110 cm³/mol. The first-order valence-electron chi connectivity index (χ1n) is 9.26. The van der Waals surface area contributed by atoms with Gasteiger partial charge < -0.3 is 20.5 Å². The van der Waals surface area contributed by atoms with Crippen LogP contribution in [0.4, 0.5) is 5.69 Å². The van der Waals surface area contributed by atoms with Crippen LogP contribution >= 0.6 is 11.3 Å². The van der Waals surface area contributed by atoms with Crippen molar-refractivity contribution in [1.82, 2.24) is 15.2 Å². The Labute approximate surface area is 163 Å². The summed E-state index contributed by atoms with van der Waals surface area (Å²) in [5.41, 5.74) is 3.74. The molecule has 0 radical (unpaired) electrons. The van der Waals surface area contributed by atoms with E-state index in [0.717, 1.165) is 29.4 Å². The zero-order chi connectivity index (χ0) is 18.8. The van der Waals surface area contributed by atoms with Crippen LogP contribution in [0.5, 0.6) is 0 Å². The third-order valence-corrected chi connectivity index (χ3v) is 6.18. The molecule has 0 bridgehead atoms. The van der Waals surface area contributed by atoms with Gasteiger partial charge in [-0.2, -0.15) is 0 Å². The molecule has 7 heteroatoms. The molecule has 140 valence electrons. The van der Waals surface area contributed by atoms with Gasteiger partial charge in [0.25, 0.3) is 5.91 Å². The van der Waals surface area contributed by atoms with Crippen molar-refractivity contribution in [2.75, 3.05) is 31.6 Å². The van der Waals surface area contributed by atoms with E-state index in [9.17, 15) is 4.79 Å². The number of nitrogens with one attached hydrogen (secondary N) is 2. The third-order valence-electron chi connectivity index (χ3n) is 5.05. The number of aromatic nitrogens is 1. The molecule has 4 rings (SSSR count). The number of hydrogen-bond acceptors (Lipinski definition) is 6. The number of carbonyl (C=O) groups excluding carboxylic acids is 1. The molecule has 2 N–H and O–H groups in total. The van der Waals surface area contributed by atoms with Crippen molar-refractivity contribution in [3.05, 3.63) is 46.7 Å². The summed E-state index contributed by atoms with van der Waals surface area (Å²) >= 11 is 1.45. The van der Waals surface area contributed by atoms with Gasteiger partial charge in [0, 0.05) is 56.8 Å². The minimum Gasteiger partial charge on any atom is -0.392 e. The molecule has 0 atom stereocenters. The molecule has 1 aromatic carbocycles. The van der Waals surface area contributed by atoms with Crippen LogP contribution in [-0.2, 0) is 6.42 Å². The van der Waals surface area contributed by atoms with E-state index in [4.69, 9.17) is 10.4 Å². The van der Waals surface area contributed by atoms with Crippen molar-refractivity contribution < 1.29 is 4.79 Å². The quantitative estimate of drug-likeness (QED) is 0.781. The van der Waals surface area contributed by atoms with Crippen molar-refractivity contribution in [1.29, 1.82) is 5.41 Å². The molecule has 0 saturated carbocycles. The molecule has 1 saturated heterocycles. The van der Waals surface area contributed by atoms with E-state index in [-0.39, 0.29) is 5.91 Å². The van der Waals surface area contributed by atoms with Gasteiger partial charge in [0.15, 0.2) is 0 Å². The van der Waals surface area contributed by atoms with Crippen molar-refractivity contribution >= 4 is 29.1 Å². The van der Waals surface area contributed by atoms with Crippen LogP contribution in [0.3, 0.4) is 0 Å². The fraction of sp³-hybridized carbons (Fsp3) is 0.350. The number of amides is 1. The lowest BCUT2D eigenvalue weighted by molar-refractivity contribution is 0.0804. The van der Waals surface area contributed by atoms with Gasteiger partial charge in [-0.3, -0.25) is 4.79 Å². The van der Waals surface area contributed by atoms with Crippen molar-refractivity contribution in [3.8, 4) is 10.6 Å². The van der Waals surface area contributed by atoms with E-state index in [1.807, 2.05) is 0 Å². The molecule has 1 fully saturated rings. The first-order chi connectivity index (χ1) is 13.2. The molecule has 0 aliphatic carbocycles. The highest BCUT2D eigenvalue weighted by Gasteiger charge is 2.30. The average Bonchev–Trinajstić information content (AvgIpc) is 3.37. The molecule has 3 heterocycles. The van der Waals surface area contributed by atoms with Crippen LogP contribution in [-0.4, -0.2) is 48.7 Å². The number of hydrogen-bond donors (Lipinski definition) is 2. The summed E-state index contributed by atoms with van der Waals surface area (Å²) < 4.78 is 0. The number of anilines is 1. The third kappa shape index (κ3) is 3.35. The second kappa shape index (κ2) is 7.52. The number of thiazole rings is 1. The highest BCUT2D eigenvalue weighted by atomic mass is 32.1. The van der Waals surface area contributed by atoms with Gasteiger partial charge in [0.05, 0.1) is 11.4 Å². The van der Waals surface area contributed by atoms with Gasteiger partial charge in [-0.05, 0) is 37.1 Å². The van der Waals surface area contributed by atoms with E-state index in [1.165, 1.54) is 36.1 Å². The van der Waals surface area contributed by atoms with Crippen LogP contribution in [0.25, 0.3) is 10.6 Å². The highest BCUT2D eigenvalue weighted by molar-refractivity contribution is 7.17. The zero-order valence-electron chi connectivity index (χ0n) is 15.4. The average molecular weight is 382 g/mol. The Morgan fingerprint density at radius 3 is 2.63 bits per heavy atom. The number of fused-ring (bicyclic) bond motifs is 1. The Hall–Kier alpha value is -2.67. The second-order valence-electron chi connectivity index (χ2n) is 6.74. The van der Waals surface area contributed by atoms with Crippen molar-refractivity contribution in [2.45, 2.75) is 19.3 Å². The fourth-order valence-electron chi connectivity index (χ4n) is 3.64. The van der Waals surface area contributed by atoms with Gasteiger partial charge in [0.1, 0.15) is 9.88 Å². The van der Waals surface area contributed by atoms with Gasteiger partial charge >= 0.3 is 0 Å². The van der Waals surface area contributed by atoms with Crippen LogP contribution in [0, 0.1) is 5.41 Å². The summed E-state index contributed by atoms with van der Waals surface area (Å²) in [5, 5.41) is 11.3. The lowest BCUT2D eigenvalue weighted by Gasteiger charge is -2.26. The zero-order valence-corrected chi connectivity index (χ0v) is 16.2. The largest absolute Gasteiger partial charge is 0.392 e. The molecule has 1 aromatic heterocycles. The molecule has 2 aromatic rings. The summed E-state index contributed by atoms with van der Waals surface area (Å²) in [6.45, 7) is 2.81. The van der Waals surface area contributed by atoms with Gasteiger partial charge in [-0.25, -0.2) is 4.98 Å². The predicted octanol–water partition coefficient (Wildman–Crippen LogP) is 3.12. The molecule has 0 unspecified atom stereocenters. The second-order valence-corrected chi connectivity index (χ2v) is 7.74. The maximum atomic E-state index is 12.9. The van der Waals surface area contributed by atoms with Crippen LogP contribution in [0.1, 0.15) is 28.2 Å². The Morgan fingerprint density at radius 2 is 1.96 bits per heavy atom. The van der Waals surface area contributed by atoms with Gasteiger partial charge in [0.2, 0.25) is 0 Å². The minimum absolute atomic E-state index is 0.0707. The summed E-state index contributed by atoms with van der Waals surface area (Å²) in [6, 6.07) is 8.50. The summed E-state index contributed by atoms with van der Waals surface area (Å²) in [7, 11) is 1.76. The van der Waals surface area contributed by atoms with Crippen LogP contribution in [0.2, 0.25) is 0 Å². The normalized spacial score (nSPS) is 17.2. The van der Waals surface area contributed by atoms with E-state index in [2.05, 4.69) is 34.5 Å². The molecule has 2 aliphatic rings. The Bertz CT molecular complexity index is 880. The first kappa shape index (κ1) is 17.7. The Balaban J connectivity index is 1.58.